The second-order valence-electron chi connectivity index (χ2n) is 4.58. The van der Waals surface area contributed by atoms with Crippen molar-refractivity contribution in [1.82, 2.24) is 9.55 Å². The minimum atomic E-state index is -4.25. The van der Waals surface area contributed by atoms with Crippen LogP contribution in [-0.4, -0.2) is 21.8 Å². The maximum Gasteiger partial charge on any atom is 0.391 e. The molecular formula is C11H14F3N3O. The van der Waals surface area contributed by atoms with Crippen LogP contribution in [0, 0.1) is 0 Å². The lowest BCUT2D eigenvalue weighted by atomic mass is 10.2. The van der Waals surface area contributed by atoms with Crippen molar-refractivity contribution < 1.29 is 13.2 Å². The number of hydrogen-bond donors (Lipinski definition) is 1. The quantitative estimate of drug-likeness (QED) is 0.904. The first kappa shape index (κ1) is 12.9. The first-order valence-corrected chi connectivity index (χ1v) is 5.77. The molecule has 1 heterocycles. The Bertz CT molecular complexity index is 479. The maximum absolute atomic E-state index is 12.2. The Balaban J connectivity index is 2.09. The number of nitrogens with one attached hydrogen (secondary N) is 1. The maximum atomic E-state index is 12.2. The molecule has 1 N–H and O–H groups in total. The fraction of sp³-hybridized carbons (Fsp3) is 0.636. The predicted molar refractivity (Wildman–Crippen MR) is 60.5 cm³/mol. The van der Waals surface area contributed by atoms with E-state index in [1.807, 2.05) is 0 Å². The second-order valence-corrected chi connectivity index (χ2v) is 4.58. The van der Waals surface area contributed by atoms with Gasteiger partial charge in [0.05, 0.1) is 6.42 Å². The number of nitrogens with zero attached hydrogens (tertiary/aromatic N) is 2. The highest BCUT2D eigenvalue weighted by atomic mass is 19.4. The van der Waals surface area contributed by atoms with Gasteiger partial charge in [0.2, 0.25) is 0 Å². The van der Waals surface area contributed by atoms with Crippen LogP contribution < -0.4 is 10.9 Å². The number of hydrogen-bond acceptors (Lipinski definition) is 3. The Morgan fingerprint density at radius 1 is 1.56 bits per heavy atom. The van der Waals surface area contributed by atoms with E-state index in [1.165, 1.54) is 17.7 Å². The average Bonchev–Trinajstić information content (AvgIpc) is 3.02. The summed E-state index contributed by atoms with van der Waals surface area (Å²) in [6, 6.07) is -0.695. The van der Waals surface area contributed by atoms with Crippen molar-refractivity contribution in [2.75, 3.05) is 5.32 Å². The molecule has 1 aromatic heterocycles. The number of aromatic nitrogens is 2. The van der Waals surface area contributed by atoms with Crippen LogP contribution >= 0.6 is 0 Å². The highest BCUT2D eigenvalue weighted by Crippen LogP contribution is 2.33. The van der Waals surface area contributed by atoms with Gasteiger partial charge in [-0.1, -0.05) is 0 Å². The number of alkyl halides is 3. The van der Waals surface area contributed by atoms with Gasteiger partial charge in [-0.15, -0.1) is 0 Å². The molecule has 0 amide bonds. The zero-order valence-electron chi connectivity index (χ0n) is 9.87. The number of halogens is 3. The van der Waals surface area contributed by atoms with E-state index >= 15 is 0 Å². The molecule has 0 aromatic carbocycles. The molecule has 1 fully saturated rings. The summed E-state index contributed by atoms with van der Waals surface area (Å²) >= 11 is 0. The second kappa shape index (κ2) is 4.62. The molecule has 1 atom stereocenters. The highest BCUT2D eigenvalue weighted by Gasteiger charge is 2.31. The van der Waals surface area contributed by atoms with Crippen LogP contribution in [0.2, 0.25) is 0 Å². The van der Waals surface area contributed by atoms with Gasteiger partial charge in [-0.25, -0.2) is 4.98 Å². The van der Waals surface area contributed by atoms with Crippen molar-refractivity contribution in [2.45, 2.75) is 44.4 Å². The van der Waals surface area contributed by atoms with Crippen LogP contribution in [0.1, 0.15) is 32.2 Å². The molecule has 0 bridgehead atoms. The van der Waals surface area contributed by atoms with Gasteiger partial charge in [0.1, 0.15) is 0 Å². The normalized spacial score (nSPS) is 17.6. The minimum Gasteiger partial charge on any atom is -0.363 e. The minimum absolute atomic E-state index is 0.0128. The lowest BCUT2D eigenvalue weighted by Crippen LogP contribution is -2.30. The summed E-state index contributed by atoms with van der Waals surface area (Å²) < 4.78 is 38.1. The van der Waals surface area contributed by atoms with Gasteiger partial charge in [0.15, 0.2) is 5.82 Å². The van der Waals surface area contributed by atoms with Crippen LogP contribution in [0.3, 0.4) is 0 Å². The van der Waals surface area contributed by atoms with Crippen LogP contribution in [0.5, 0.6) is 0 Å². The lowest BCUT2D eigenvalue weighted by molar-refractivity contribution is -0.136. The van der Waals surface area contributed by atoms with E-state index in [4.69, 9.17) is 0 Å². The van der Waals surface area contributed by atoms with Gasteiger partial charge in [-0.2, -0.15) is 13.2 Å². The van der Waals surface area contributed by atoms with Crippen LogP contribution in [0.4, 0.5) is 19.0 Å². The van der Waals surface area contributed by atoms with E-state index in [2.05, 4.69) is 10.3 Å². The van der Waals surface area contributed by atoms with E-state index in [-0.39, 0.29) is 17.4 Å². The van der Waals surface area contributed by atoms with E-state index in [0.717, 1.165) is 12.8 Å². The summed E-state index contributed by atoms with van der Waals surface area (Å²) in [6.07, 6.45) is -0.381. The molecule has 0 aliphatic heterocycles. The van der Waals surface area contributed by atoms with Gasteiger partial charge in [-0.3, -0.25) is 4.79 Å². The van der Waals surface area contributed by atoms with E-state index in [9.17, 15) is 18.0 Å². The topological polar surface area (TPSA) is 46.9 Å². The molecule has 0 spiro atoms. The first-order valence-electron chi connectivity index (χ1n) is 5.77. The van der Waals surface area contributed by atoms with Crippen LogP contribution in [0.15, 0.2) is 17.2 Å². The smallest absolute Gasteiger partial charge is 0.363 e. The Labute approximate surface area is 102 Å². The molecular weight excluding hydrogens is 247 g/mol. The summed E-state index contributed by atoms with van der Waals surface area (Å²) in [5.41, 5.74) is -0.353. The summed E-state index contributed by atoms with van der Waals surface area (Å²) in [4.78, 5) is 15.7. The molecule has 1 aromatic rings. The molecule has 1 aliphatic carbocycles. The van der Waals surface area contributed by atoms with Gasteiger partial charge in [-0.05, 0) is 19.8 Å². The summed E-state index contributed by atoms with van der Waals surface area (Å²) in [7, 11) is 0. The fourth-order valence-electron chi connectivity index (χ4n) is 1.80. The van der Waals surface area contributed by atoms with Gasteiger partial charge >= 0.3 is 6.18 Å². The van der Waals surface area contributed by atoms with Gasteiger partial charge < -0.3 is 9.88 Å². The van der Waals surface area contributed by atoms with Crippen molar-refractivity contribution in [3.63, 3.8) is 0 Å². The van der Waals surface area contributed by atoms with E-state index < -0.39 is 18.6 Å². The summed E-state index contributed by atoms with van der Waals surface area (Å²) in [5.74, 6) is -0.0128. The zero-order valence-corrected chi connectivity index (χ0v) is 9.87. The standard InChI is InChI=1S/C11H14F3N3O/c1-7(6-11(12,13)14)16-9-10(18)17(5-4-15-9)8-2-3-8/h4-5,7-8H,2-3,6H2,1H3,(H,15,16). The Morgan fingerprint density at radius 2 is 2.22 bits per heavy atom. The van der Waals surface area contributed by atoms with Crippen LogP contribution in [-0.2, 0) is 0 Å². The third-order valence-electron chi connectivity index (χ3n) is 2.73. The van der Waals surface area contributed by atoms with Crippen LogP contribution in [0.25, 0.3) is 0 Å². The number of rotatable bonds is 4. The third-order valence-corrected chi connectivity index (χ3v) is 2.73. The number of anilines is 1. The molecule has 4 nitrogen and oxygen atoms in total. The largest absolute Gasteiger partial charge is 0.391 e. The average molecular weight is 261 g/mol. The van der Waals surface area contributed by atoms with Crippen molar-refractivity contribution in [1.29, 1.82) is 0 Å². The third kappa shape index (κ3) is 3.24. The summed E-state index contributed by atoms with van der Waals surface area (Å²) in [5, 5.41) is 2.53. The van der Waals surface area contributed by atoms with Crippen molar-refractivity contribution in [3.05, 3.63) is 22.7 Å². The molecule has 0 radical (unpaired) electrons. The molecule has 18 heavy (non-hydrogen) atoms. The molecule has 1 unspecified atom stereocenters. The van der Waals surface area contributed by atoms with Crippen molar-refractivity contribution in [2.24, 2.45) is 0 Å². The highest BCUT2D eigenvalue weighted by molar-refractivity contribution is 5.32. The SMILES string of the molecule is CC(CC(F)(F)F)Nc1nccn(C2CC2)c1=O. The van der Waals surface area contributed by atoms with E-state index in [1.54, 1.807) is 6.20 Å². The molecule has 1 aliphatic rings. The fourth-order valence-corrected chi connectivity index (χ4v) is 1.80. The predicted octanol–water partition coefficient (Wildman–Crippen LogP) is 2.33. The van der Waals surface area contributed by atoms with Crippen molar-refractivity contribution in [3.8, 4) is 0 Å². The Hall–Kier alpha value is -1.53. The molecule has 0 saturated heterocycles. The van der Waals surface area contributed by atoms with Gasteiger partial charge in [0.25, 0.3) is 5.56 Å². The van der Waals surface area contributed by atoms with Gasteiger partial charge in [0, 0.05) is 24.5 Å². The monoisotopic (exact) mass is 261 g/mol. The lowest BCUT2D eigenvalue weighted by Gasteiger charge is -2.16. The Kier molecular flexibility index (Phi) is 3.32. The molecule has 1 saturated carbocycles. The first-order chi connectivity index (χ1) is 8.37. The molecule has 2 rings (SSSR count). The Morgan fingerprint density at radius 3 is 2.78 bits per heavy atom. The zero-order chi connectivity index (χ0) is 13.3. The van der Waals surface area contributed by atoms with Crippen molar-refractivity contribution >= 4 is 5.82 Å². The summed E-state index contributed by atoms with van der Waals surface area (Å²) in [6.45, 7) is 1.38. The molecule has 7 heteroatoms. The molecule has 100 valence electrons. The van der Waals surface area contributed by atoms with E-state index in [0.29, 0.717) is 0 Å².